The Kier molecular flexibility index (Phi) is 10.6. The molecule has 0 fully saturated rings. The van der Waals surface area contributed by atoms with Gasteiger partial charge in [-0.05, 0) is 26.8 Å². The largest absolute Gasteiger partial charge is 0.496 e. The van der Waals surface area contributed by atoms with E-state index in [-0.39, 0.29) is 36.3 Å². The Morgan fingerprint density at radius 3 is 2.59 bits per heavy atom. The fraction of sp³-hybridized carbons (Fsp3) is 0.400. The summed E-state index contributed by atoms with van der Waals surface area (Å²) in [7, 11) is 1.64. The number of hydrogen-bond donors (Lipinski definition) is 2. The number of aliphatic imine (C=N–C) groups is 1. The lowest BCUT2D eigenvalue weighted by Gasteiger charge is -2.15. The van der Waals surface area contributed by atoms with E-state index in [1.807, 2.05) is 20.8 Å². The van der Waals surface area contributed by atoms with Crippen LogP contribution >= 0.6 is 24.0 Å². The van der Waals surface area contributed by atoms with Crippen LogP contribution < -0.4 is 20.1 Å². The molecule has 1 aromatic heterocycles. The first-order valence-electron chi connectivity index (χ1n) is 9.00. The zero-order valence-corrected chi connectivity index (χ0v) is 19.3. The minimum Gasteiger partial charge on any atom is -0.496 e. The summed E-state index contributed by atoms with van der Waals surface area (Å²) in [6.45, 7) is 4.28. The number of guanidine groups is 1. The molecule has 160 valence electrons. The molecule has 0 amide bonds. The topological polar surface area (TPSA) is 67.8 Å². The Hall–Kier alpha value is -2.17. The van der Waals surface area contributed by atoms with E-state index in [0.29, 0.717) is 24.6 Å². The second kappa shape index (κ2) is 12.4. The molecule has 0 unspecified atom stereocenters. The Balaban J connectivity index is 0.00000420. The molecule has 2 N–H and O–H groups in total. The van der Waals surface area contributed by atoms with Crippen molar-refractivity contribution in [3.8, 4) is 11.5 Å². The van der Waals surface area contributed by atoms with Crippen LogP contribution in [0.25, 0.3) is 0 Å². The molecule has 9 heteroatoms. The van der Waals surface area contributed by atoms with Crippen molar-refractivity contribution < 1.29 is 18.3 Å². The van der Waals surface area contributed by atoms with Gasteiger partial charge in [-0.25, -0.2) is 4.99 Å². The molecule has 0 aliphatic heterocycles. The number of hydrogen-bond acceptors (Lipinski definition) is 4. The molecule has 0 aliphatic rings. The van der Waals surface area contributed by atoms with Crippen molar-refractivity contribution in [2.24, 2.45) is 4.99 Å². The fourth-order valence-corrected chi connectivity index (χ4v) is 2.77. The quantitative estimate of drug-likeness (QED) is 0.311. The van der Waals surface area contributed by atoms with E-state index in [9.17, 15) is 8.78 Å². The van der Waals surface area contributed by atoms with Gasteiger partial charge in [-0.3, -0.25) is 4.98 Å². The number of pyridine rings is 1. The van der Waals surface area contributed by atoms with Gasteiger partial charge in [0.15, 0.2) is 5.96 Å². The van der Waals surface area contributed by atoms with Crippen molar-refractivity contribution in [2.75, 3.05) is 13.7 Å². The van der Waals surface area contributed by atoms with Crippen molar-refractivity contribution in [2.45, 2.75) is 40.5 Å². The molecule has 6 nitrogen and oxygen atoms in total. The molecular formula is C20H27F2IN4O2. The van der Waals surface area contributed by atoms with Gasteiger partial charge >= 0.3 is 6.61 Å². The van der Waals surface area contributed by atoms with Crippen LogP contribution in [0.4, 0.5) is 8.78 Å². The van der Waals surface area contributed by atoms with Crippen molar-refractivity contribution in [1.82, 2.24) is 15.6 Å². The number of benzene rings is 1. The second-order valence-corrected chi connectivity index (χ2v) is 6.08. The summed E-state index contributed by atoms with van der Waals surface area (Å²) in [6.07, 6.45) is 1.77. The maximum Gasteiger partial charge on any atom is 0.387 e. The summed E-state index contributed by atoms with van der Waals surface area (Å²) >= 11 is 0. The summed E-state index contributed by atoms with van der Waals surface area (Å²) in [6, 6.07) is 6.62. The first kappa shape index (κ1) is 24.9. The van der Waals surface area contributed by atoms with Crippen molar-refractivity contribution >= 4 is 29.9 Å². The molecule has 0 bridgehead atoms. The van der Waals surface area contributed by atoms with Crippen LogP contribution in [0.3, 0.4) is 0 Å². The van der Waals surface area contributed by atoms with Crippen LogP contribution in [0.2, 0.25) is 0 Å². The van der Waals surface area contributed by atoms with Gasteiger partial charge in [-0.2, -0.15) is 8.78 Å². The predicted molar refractivity (Wildman–Crippen MR) is 120 cm³/mol. The molecule has 0 aliphatic carbocycles. The number of rotatable bonds is 8. The van der Waals surface area contributed by atoms with E-state index in [2.05, 4.69) is 25.3 Å². The molecule has 0 atom stereocenters. The molecular weight excluding hydrogens is 493 g/mol. The van der Waals surface area contributed by atoms with Crippen LogP contribution in [0.15, 0.2) is 35.5 Å². The number of methoxy groups -OCH3 is 1. The molecule has 29 heavy (non-hydrogen) atoms. The van der Waals surface area contributed by atoms with E-state index < -0.39 is 6.61 Å². The van der Waals surface area contributed by atoms with Gasteiger partial charge < -0.3 is 20.1 Å². The third-order valence-electron chi connectivity index (χ3n) is 4.11. The van der Waals surface area contributed by atoms with Crippen LogP contribution in [0.5, 0.6) is 11.5 Å². The monoisotopic (exact) mass is 520 g/mol. The normalized spacial score (nSPS) is 11.1. The maximum absolute atomic E-state index is 12.6. The highest BCUT2D eigenvalue weighted by atomic mass is 127. The predicted octanol–water partition coefficient (Wildman–Crippen LogP) is 4.18. The molecule has 1 heterocycles. The number of nitrogens with one attached hydrogen (secondary N) is 2. The zero-order chi connectivity index (χ0) is 20.5. The minimum absolute atomic E-state index is 0. The lowest BCUT2D eigenvalue weighted by Crippen LogP contribution is -2.37. The van der Waals surface area contributed by atoms with Crippen LogP contribution in [-0.2, 0) is 13.1 Å². The average Bonchev–Trinajstić information content (AvgIpc) is 2.66. The van der Waals surface area contributed by atoms with E-state index in [1.165, 1.54) is 6.07 Å². The molecule has 0 saturated carbocycles. The Morgan fingerprint density at radius 2 is 1.93 bits per heavy atom. The number of alkyl halides is 2. The minimum atomic E-state index is -2.87. The van der Waals surface area contributed by atoms with E-state index in [0.717, 1.165) is 22.6 Å². The van der Waals surface area contributed by atoms with Gasteiger partial charge in [-0.15, -0.1) is 24.0 Å². The third kappa shape index (κ3) is 7.30. The SMILES string of the molecule is CCNC(=NCc1ccccc1OC(F)F)NCc1ncc(C)c(OC)c1C.I. The molecule has 0 radical (unpaired) electrons. The first-order valence-corrected chi connectivity index (χ1v) is 9.00. The fourth-order valence-electron chi connectivity index (χ4n) is 2.77. The lowest BCUT2D eigenvalue weighted by atomic mass is 10.1. The Labute approximate surface area is 187 Å². The summed E-state index contributed by atoms with van der Waals surface area (Å²) in [5.41, 5.74) is 3.35. The lowest BCUT2D eigenvalue weighted by molar-refractivity contribution is -0.0504. The van der Waals surface area contributed by atoms with Crippen LogP contribution in [0, 0.1) is 13.8 Å². The number of nitrogens with zero attached hydrogens (tertiary/aromatic N) is 2. The van der Waals surface area contributed by atoms with Gasteiger partial charge in [0.2, 0.25) is 0 Å². The highest BCUT2D eigenvalue weighted by Gasteiger charge is 2.11. The van der Waals surface area contributed by atoms with Crippen LogP contribution in [-0.4, -0.2) is 31.2 Å². The number of para-hydroxylation sites is 1. The molecule has 0 saturated heterocycles. The number of aryl methyl sites for hydroxylation is 1. The van der Waals surface area contributed by atoms with E-state index in [4.69, 9.17) is 4.74 Å². The number of ether oxygens (including phenoxy) is 2. The standard InChI is InChI=1S/C20H26F2N4O2.HI/c1-5-23-20(25-11-15-8-6-7-9-17(15)28-19(21)22)26-12-16-14(3)18(27-4)13(2)10-24-16;/h6-10,19H,5,11-12H2,1-4H3,(H2,23,25,26);1H. The summed E-state index contributed by atoms with van der Waals surface area (Å²) in [4.78, 5) is 8.92. The highest BCUT2D eigenvalue weighted by Crippen LogP contribution is 2.24. The second-order valence-electron chi connectivity index (χ2n) is 6.08. The molecule has 2 rings (SSSR count). The smallest absolute Gasteiger partial charge is 0.387 e. The van der Waals surface area contributed by atoms with Crippen molar-refractivity contribution in [1.29, 1.82) is 0 Å². The Bertz CT molecular complexity index is 819. The van der Waals surface area contributed by atoms with E-state index in [1.54, 1.807) is 31.5 Å². The summed E-state index contributed by atoms with van der Waals surface area (Å²) in [5, 5.41) is 6.34. The van der Waals surface area contributed by atoms with Crippen LogP contribution in [0.1, 0.15) is 29.3 Å². The van der Waals surface area contributed by atoms with Gasteiger partial charge in [0, 0.05) is 29.4 Å². The first-order chi connectivity index (χ1) is 13.5. The molecule has 0 spiro atoms. The molecule has 2 aromatic rings. The number of aromatic nitrogens is 1. The van der Waals surface area contributed by atoms with Gasteiger partial charge in [-0.1, -0.05) is 18.2 Å². The van der Waals surface area contributed by atoms with Gasteiger partial charge in [0.25, 0.3) is 0 Å². The summed E-state index contributed by atoms with van der Waals surface area (Å²) < 4.78 is 35.1. The maximum atomic E-state index is 12.6. The zero-order valence-electron chi connectivity index (χ0n) is 17.0. The highest BCUT2D eigenvalue weighted by molar-refractivity contribution is 14.0. The van der Waals surface area contributed by atoms with Gasteiger partial charge in [0.05, 0.1) is 25.9 Å². The van der Waals surface area contributed by atoms with Gasteiger partial charge in [0.1, 0.15) is 11.5 Å². The average molecular weight is 520 g/mol. The molecule has 1 aromatic carbocycles. The van der Waals surface area contributed by atoms with Crippen molar-refractivity contribution in [3.63, 3.8) is 0 Å². The number of halogens is 3. The van der Waals surface area contributed by atoms with E-state index >= 15 is 0 Å². The third-order valence-corrected chi connectivity index (χ3v) is 4.11. The summed E-state index contributed by atoms with van der Waals surface area (Å²) in [5.74, 6) is 1.49. The Morgan fingerprint density at radius 1 is 1.21 bits per heavy atom. The van der Waals surface area contributed by atoms with Crippen molar-refractivity contribution in [3.05, 3.63) is 52.8 Å².